The quantitative estimate of drug-likeness (QED) is 0.689. The summed E-state index contributed by atoms with van der Waals surface area (Å²) in [4.78, 5) is 2.41. The number of aromatic nitrogens is 4. The molecule has 0 amide bonds. The van der Waals surface area contributed by atoms with Gasteiger partial charge in [0, 0.05) is 23.9 Å². The molecule has 1 saturated carbocycles. The molecule has 2 aromatic heterocycles. The highest BCUT2D eigenvalue weighted by atomic mass is 35.5. The average Bonchev–Trinajstić information content (AvgIpc) is 3.25. The number of hydrogen-bond acceptors (Lipinski definition) is 4. The molecule has 7 heteroatoms. The molecule has 1 aliphatic carbocycles. The summed E-state index contributed by atoms with van der Waals surface area (Å²) in [5.74, 6) is 0. The van der Waals surface area contributed by atoms with Crippen molar-refractivity contribution >= 4 is 28.2 Å². The summed E-state index contributed by atoms with van der Waals surface area (Å²) in [5.41, 5.74) is 3.62. The Morgan fingerprint density at radius 2 is 1.89 bits per heavy atom. The topological polar surface area (TPSA) is 48.1 Å². The molecule has 0 atom stereocenters. The summed E-state index contributed by atoms with van der Waals surface area (Å²) in [7, 11) is 0. The van der Waals surface area contributed by atoms with Crippen molar-refractivity contribution in [2.24, 2.45) is 5.41 Å². The second kappa shape index (κ2) is 5.72. The van der Waals surface area contributed by atoms with Gasteiger partial charge >= 0.3 is 0 Å². The van der Waals surface area contributed by atoms with Crippen LogP contribution in [0.1, 0.15) is 31.7 Å². The first kappa shape index (κ1) is 16.0. The Balaban J connectivity index is 1.35. The summed E-state index contributed by atoms with van der Waals surface area (Å²) in [6.07, 6.45) is 10.7. The predicted octanol–water partition coefficient (Wildman–Crippen LogP) is 3.83. The van der Waals surface area contributed by atoms with Crippen LogP contribution in [0.5, 0.6) is 0 Å². The molecule has 2 aliphatic heterocycles. The van der Waals surface area contributed by atoms with Crippen LogP contribution in [0.3, 0.4) is 0 Å². The Bertz CT molecular complexity index is 1010. The molecule has 0 radical (unpaired) electrons. The molecule has 3 aliphatic rings. The van der Waals surface area contributed by atoms with Gasteiger partial charge in [-0.25, -0.2) is 4.68 Å². The Labute approximate surface area is 162 Å². The minimum Gasteiger partial charge on any atom is -0.380 e. The lowest BCUT2D eigenvalue weighted by Crippen LogP contribution is -2.51. The van der Waals surface area contributed by atoms with Gasteiger partial charge in [-0.3, -0.25) is 4.68 Å². The van der Waals surface area contributed by atoms with Gasteiger partial charge in [-0.2, -0.15) is 10.2 Å². The highest BCUT2D eigenvalue weighted by Crippen LogP contribution is 2.41. The lowest BCUT2D eigenvalue weighted by Gasteiger charge is -2.48. The van der Waals surface area contributed by atoms with Crippen molar-refractivity contribution in [1.82, 2.24) is 19.6 Å². The lowest BCUT2D eigenvalue weighted by atomic mass is 9.77. The number of halogens is 1. The minimum atomic E-state index is 0.423. The third-order valence-corrected chi connectivity index (χ3v) is 6.67. The van der Waals surface area contributed by atoms with Crippen LogP contribution in [0.2, 0.25) is 5.02 Å². The molecular formula is C20H22ClN5O. The van der Waals surface area contributed by atoms with E-state index < -0.39 is 0 Å². The maximum Gasteiger partial charge on any atom is 0.103 e. The number of benzene rings is 1. The Morgan fingerprint density at radius 1 is 1.07 bits per heavy atom. The molecule has 2 saturated heterocycles. The van der Waals surface area contributed by atoms with E-state index in [0.29, 0.717) is 11.5 Å². The van der Waals surface area contributed by atoms with Crippen molar-refractivity contribution in [3.05, 3.63) is 35.7 Å². The number of nitrogens with zero attached hydrogens (tertiary/aromatic N) is 5. The van der Waals surface area contributed by atoms with Crippen LogP contribution < -0.4 is 4.90 Å². The Hall–Kier alpha value is -2.05. The summed E-state index contributed by atoms with van der Waals surface area (Å²) in [5, 5.41) is 11.0. The highest BCUT2D eigenvalue weighted by Gasteiger charge is 2.41. The molecule has 3 fully saturated rings. The van der Waals surface area contributed by atoms with Crippen LogP contribution in [0, 0.1) is 5.41 Å². The molecule has 0 unspecified atom stereocenters. The molecule has 6 nitrogen and oxygen atoms in total. The largest absolute Gasteiger partial charge is 0.380 e. The van der Waals surface area contributed by atoms with E-state index in [-0.39, 0.29) is 0 Å². The molecule has 0 N–H and O–H groups in total. The van der Waals surface area contributed by atoms with Crippen LogP contribution in [0.4, 0.5) is 5.69 Å². The molecule has 27 heavy (non-hydrogen) atoms. The smallest absolute Gasteiger partial charge is 0.103 e. The summed E-state index contributed by atoms with van der Waals surface area (Å²) < 4.78 is 9.49. The third-order valence-electron chi connectivity index (χ3n) is 6.37. The highest BCUT2D eigenvalue weighted by molar-refractivity contribution is 6.34. The lowest BCUT2D eigenvalue weighted by molar-refractivity contribution is -0.124. The molecule has 0 bridgehead atoms. The Kier molecular flexibility index (Phi) is 3.38. The first-order chi connectivity index (χ1) is 13.2. The van der Waals surface area contributed by atoms with Gasteiger partial charge in [-0.05, 0) is 37.8 Å². The van der Waals surface area contributed by atoms with E-state index in [0.717, 1.165) is 53.6 Å². The zero-order chi connectivity index (χ0) is 18.0. The van der Waals surface area contributed by atoms with Gasteiger partial charge in [-0.1, -0.05) is 11.6 Å². The maximum atomic E-state index is 6.64. The van der Waals surface area contributed by atoms with E-state index in [1.165, 1.54) is 25.7 Å². The van der Waals surface area contributed by atoms with Crippen molar-refractivity contribution < 1.29 is 4.74 Å². The molecule has 4 heterocycles. The molecular weight excluding hydrogens is 362 g/mol. The van der Waals surface area contributed by atoms with Gasteiger partial charge in [0.25, 0.3) is 0 Å². The van der Waals surface area contributed by atoms with Gasteiger partial charge in [0.15, 0.2) is 0 Å². The number of fused-ring (bicyclic) bond motifs is 1. The second-order valence-electron chi connectivity index (χ2n) is 8.31. The zero-order valence-corrected chi connectivity index (χ0v) is 15.9. The van der Waals surface area contributed by atoms with Crippen molar-refractivity contribution in [3.63, 3.8) is 0 Å². The summed E-state index contributed by atoms with van der Waals surface area (Å²) >= 11 is 6.64. The van der Waals surface area contributed by atoms with Gasteiger partial charge in [0.2, 0.25) is 0 Å². The second-order valence-corrected chi connectivity index (χ2v) is 8.72. The molecule has 1 spiro atoms. The van der Waals surface area contributed by atoms with E-state index in [9.17, 15) is 0 Å². The van der Waals surface area contributed by atoms with Gasteiger partial charge in [0.1, 0.15) is 5.69 Å². The molecule has 3 aromatic rings. The third kappa shape index (κ3) is 2.57. The van der Waals surface area contributed by atoms with Crippen LogP contribution in [-0.4, -0.2) is 45.9 Å². The maximum absolute atomic E-state index is 6.64. The summed E-state index contributed by atoms with van der Waals surface area (Å²) in [6, 6.07) is 4.80. The van der Waals surface area contributed by atoms with Crippen LogP contribution >= 0.6 is 11.6 Å². The van der Waals surface area contributed by atoms with Gasteiger partial charge in [0.05, 0.1) is 54.1 Å². The number of rotatable bonds is 3. The molecule has 140 valence electrons. The summed E-state index contributed by atoms with van der Waals surface area (Å²) in [6.45, 7) is 3.90. The number of hydrogen-bond donors (Lipinski definition) is 0. The van der Waals surface area contributed by atoms with Crippen molar-refractivity contribution in [2.45, 2.75) is 31.7 Å². The molecule has 6 rings (SSSR count). The van der Waals surface area contributed by atoms with Crippen LogP contribution in [0.25, 0.3) is 16.6 Å². The predicted molar refractivity (Wildman–Crippen MR) is 105 cm³/mol. The monoisotopic (exact) mass is 383 g/mol. The van der Waals surface area contributed by atoms with E-state index in [2.05, 4.69) is 32.0 Å². The normalized spacial score (nSPS) is 21.7. The SMILES string of the molecule is Clc1cc2cnn(-c3cnn(C4CC4)c3)c2cc1N1CCC2(CC1)COC2. The number of piperidine rings is 1. The first-order valence-corrected chi connectivity index (χ1v) is 10.1. The standard InChI is InChI=1S/C20H22ClN5O/c21-17-7-14-9-23-26(16-10-22-25(11-16)15-1-2-15)18(14)8-19(17)24-5-3-20(4-6-24)12-27-13-20/h7-11,15H,1-6,12-13H2. The number of ether oxygens (including phenoxy) is 1. The van der Waals surface area contributed by atoms with E-state index in [1.54, 1.807) is 0 Å². The van der Waals surface area contributed by atoms with Crippen LogP contribution in [0.15, 0.2) is 30.7 Å². The van der Waals surface area contributed by atoms with Crippen molar-refractivity contribution in [1.29, 1.82) is 0 Å². The average molecular weight is 384 g/mol. The Morgan fingerprint density at radius 3 is 2.59 bits per heavy atom. The van der Waals surface area contributed by atoms with E-state index >= 15 is 0 Å². The van der Waals surface area contributed by atoms with Gasteiger partial charge < -0.3 is 9.64 Å². The fourth-order valence-corrected chi connectivity index (χ4v) is 4.65. The fraction of sp³-hybridized carbons (Fsp3) is 0.500. The number of anilines is 1. The van der Waals surface area contributed by atoms with Crippen LogP contribution in [-0.2, 0) is 4.74 Å². The fourth-order valence-electron chi connectivity index (χ4n) is 4.36. The first-order valence-electron chi connectivity index (χ1n) is 9.75. The van der Waals surface area contributed by atoms with E-state index in [1.807, 2.05) is 23.1 Å². The van der Waals surface area contributed by atoms with E-state index in [4.69, 9.17) is 16.3 Å². The van der Waals surface area contributed by atoms with Crippen molar-refractivity contribution in [3.8, 4) is 5.69 Å². The van der Waals surface area contributed by atoms with Crippen molar-refractivity contribution in [2.75, 3.05) is 31.2 Å². The zero-order valence-electron chi connectivity index (χ0n) is 15.1. The van der Waals surface area contributed by atoms with Gasteiger partial charge in [-0.15, -0.1) is 0 Å². The molecule has 1 aromatic carbocycles. The minimum absolute atomic E-state index is 0.423.